The minimum absolute atomic E-state index is 0.102. The van der Waals surface area contributed by atoms with Crippen molar-refractivity contribution in [3.05, 3.63) is 65.5 Å². The van der Waals surface area contributed by atoms with Crippen molar-refractivity contribution in [1.29, 1.82) is 0 Å². The van der Waals surface area contributed by atoms with E-state index in [0.29, 0.717) is 0 Å². The van der Waals surface area contributed by atoms with Gasteiger partial charge in [0.15, 0.2) is 0 Å². The third-order valence-corrected chi connectivity index (χ3v) is 5.85. The molecule has 0 heterocycles. The number of hydrogen-bond donors (Lipinski definition) is 0. The summed E-state index contributed by atoms with van der Waals surface area (Å²) in [6, 6.07) is 8.92. The van der Waals surface area contributed by atoms with Crippen molar-refractivity contribution < 1.29 is 30.8 Å². The second kappa shape index (κ2) is 8.27. The van der Waals surface area contributed by atoms with Crippen LogP contribution in [0.4, 0.5) is 17.6 Å². The van der Waals surface area contributed by atoms with Crippen LogP contribution in [0.3, 0.4) is 0 Å². The van der Waals surface area contributed by atoms with E-state index < -0.39 is 40.0 Å². The lowest BCUT2D eigenvalue weighted by Crippen LogP contribution is -2.39. The van der Waals surface area contributed by atoms with Crippen molar-refractivity contribution >= 4 is 15.9 Å². The van der Waals surface area contributed by atoms with E-state index in [0.717, 1.165) is 46.6 Å². The summed E-state index contributed by atoms with van der Waals surface area (Å²) in [5.74, 6) is -1.30. The van der Waals surface area contributed by atoms with Crippen molar-refractivity contribution in [2.75, 3.05) is 20.6 Å². The highest BCUT2D eigenvalue weighted by Crippen LogP contribution is 2.32. The van der Waals surface area contributed by atoms with E-state index >= 15 is 0 Å². The maximum Gasteiger partial charge on any atom is 0.416 e. The topological polar surface area (TPSA) is 57.7 Å². The molecular weight excluding hydrogens is 400 g/mol. The fourth-order valence-corrected chi connectivity index (χ4v) is 3.58. The molecule has 0 saturated heterocycles. The van der Waals surface area contributed by atoms with Crippen LogP contribution in [-0.4, -0.2) is 44.2 Å². The van der Waals surface area contributed by atoms with Crippen molar-refractivity contribution in [3.8, 4) is 0 Å². The van der Waals surface area contributed by atoms with Gasteiger partial charge < -0.3 is 4.90 Å². The highest BCUT2D eigenvalue weighted by atomic mass is 32.2. The van der Waals surface area contributed by atoms with E-state index in [2.05, 4.69) is 0 Å². The van der Waals surface area contributed by atoms with E-state index in [1.807, 2.05) is 0 Å². The molecule has 0 aliphatic rings. The number of hydrogen-bond acceptors (Lipinski definition) is 3. The Hall–Kier alpha value is -2.46. The van der Waals surface area contributed by atoms with Gasteiger partial charge >= 0.3 is 6.18 Å². The summed E-state index contributed by atoms with van der Waals surface area (Å²) < 4.78 is 77.8. The summed E-state index contributed by atoms with van der Waals surface area (Å²) in [4.78, 5) is 13.1. The zero-order chi connectivity index (χ0) is 21.1. The van der Waals surface area contributed by atoms with Crippen molar-refractivity contribution in [1.82, 2.24) is 9.21 Å². The van der Waals surface area contributed by atoms with E-state index in [1.54, 1.807) is 0 Å². The molecular formula is C18H18F4N2O3S. The van der Waals surface area contributed by atoms with Crippen molar-refractivity contribution in [3.63, 3.8) is 0 Å². The Bertz CT molecular complexity index is 944. The number of alkyl halides is 3. The Labute approximate surface area is 160 Å². The predicted octanol–water partition coefficient (Wildman–Crippen LogP) is 3.12. The Balaban J connectivity index is 2.11. The first-order valence-electron chi connectivity index (χ1n) is 8.04. The molecule has 2 rings (SSSR count). The standard InChI is InChI=1S/C18H18F4N2O3S/c1-23(11-13-5-3-4-6-16(13)18(20,21)22)17(25)12-24(2)28(26,27)15-9-7-14(19)8-10-15/h3-10H,11-12H2,1-2H3. The number of rotatable bonds is 6. The summed E-state index contributed by atoms with van der Waals surface area (Å²) >= 11 is 0. The van der Waals surface area contributed by atoms with Crippen LogP contribution in [0.5, 0.6) is 0 Å². The average Bonchev–Trinajstić information content (AvgIpc) is 2.61. The predicted molar refractivity (Wildman–Crippen MR) is 94.1 cm³/mol. The number of halogens is 4. The van der Waals surface area contributed by atoms with Crippen molar-refractivity contribution in [2.24, 2.45) is 0 Å². The number of likely N-dealkylation sites (N-methyl/N-ethyl adjacent to an activating group) is 2. The zero-order valence-corrected chi connectivity index (χ0v) is 15.9. The first-order chi connectivity index (χ1) is 12.9. The van der Waals surface area contributed by atoms with Crippen LogP contribution in [0.25, 0.3) is 0 Å². The van der Waals surface area contributed by atoms with E-state index in [4.69, 9.17) is 0 Å². The summed E-state index contributed by atoms with van der Waals surface area (Å²) in [5, 5.41) is 0. The van der Waals surface area contributed by atoms with E-state index in [9.17, 15) is 30.8 Å². The van der Waals surface area contributed by atoms with Crippen LogP contribution < -0.4 is 0 Å². The van der Waals surface area contributed by atoms with E-state index in [-0.39, 0.29) is 17.0 Å². The van der Waals surface area contributed by atoms with Gasteiger partial charge in [0, 0.05) is 20.6 Å². The highest BCUT2D eigenvalue weighted by molar-refractivity contribution is 7.89. The Morgan fingerprint density at radius 3 is 2.14 bits per heavy atom. The number of amides is 1. The molecule has 0 fully saturated rings. The quantitative estimate of drug-likeness (QED) is 0.678. The van der Waals surface area contributed by atoms with E-state index in [1.165, 1.54) is 25.2 Å². The van der Waals surface area contributed by atoms with Gasteiger partial charge in [-0.1, -0.05) is 18.2 Å². The highest BCUT2D eigenvalue weighted by Gasteiger charge is 2.33. The molecule has 0 spiro atoms. The molecule has 5 nitrogen and oxygen atoms in total. The molecule has 28 heavy (non-hydrogen) atoms. The van der Waals surface area contributed by atoms with Gasteiger partial charge in [-0.2, -0.15) is 17.5 Å². The number of benzene rings is 2. The molecule has 0 aromatic heterocycles. The number of sulfonamides is 1. The molecule has 10 heteroatoms. The Kier molecular flexibility index (Phi) is 6.45. The summed E-state index contributed by atoms with van der Waals surface area (Å²) in [5.41, 5.74) is -0.961. The van der Waals surface area contributed by atoms with Gasteiger partial charge in [-0.25, -0.2) is 12.8 Å². The Morgan fingerprint density at radius 1 is 1.00 bits per heavy atom. The minimum Gasteiger partial charge on any atom is -0.340 e. The third-order valence-electron chi connectivity index (χ3n) is 4.04. The van der Waals surface area contributed by atoms with Crippen LogP contribution in [0.2, 0.25) is 0 Å². The average molecular weight is 418 g/mol. The largest absolute Gasteiger partial charge is 0.416 e. The molecule has 0 aliphatic heterocycles. The number of carbonyl (C=O) groups excluding carboxylic acids is 1. The summed E-state index contributed by atoms with van der Waals surface area (Å²) in [6.07, 6.45) is -4.57. The normalized spacial score (nSPS) is 12.2. The Morgan fingerprint density at radius 2 is 1.57 bits per heavy atom. The zero-order valence-electron chi connectivity index (χ0n) is 15.1. The van der Waals surface area contributed by atoms with Gasteiger partial charge in [0.25, 0.3) is 0 Å². The molecule has 0 atom stereocenters. The number of carbonyl (C=O) groups is 1. The van der Waals surface area contributed by atoms with Gasteiger partial charge in [-0.05, 0) is 35.9 Å². The second-order valence-corrected chi connectivity index (χ2v) is 8.16. The maximum absolute atomic E-state index is 13.1. The third kappa shape index (κ3) is 5.08. The number of nitrogens with zero attached hydrogens (tertiary/aromatic N) is 2. The monoisotopic (exact) mass is 418 g/mol. The van der Waals surface area contributed by atoms with Crippen LogP contribution in [-0.2, 0) is 27.5 Å². The summed E-state index contributed by atoms with van der Waals surface area (Å²) in [6.45, 7) is -0.913. The fourth-order valence-electron chi connectivity index (χ4n) is 2.46. The van der Waals surface area contributed by atoms with Gasteiger partial charge in [-0.3, -0.25) is 4.79 Å². The molecule has 0 unspecified atom stereocenters. The maximum atomic E-state index is 13.1. The van der Waals surface area contributed by atoms with Crippen LogP contribution in [0.15, 0.2) is 53.4 Å². The summed E-state index contributed by atoms with van der Waals surface area (Å²) in [7, 11) is -1.60. The fraction of sp³-hybridized carbons (Fsp3) is 0.278. The lowest BCUT2D eigenvalue weighted by atomic mass is 10.1. The molecule has 0 saturated carbocycles. The molecule has 0 bridgehead atoms. The van der Waals surface area contributed by atoms with Gasteiger partial charge in [0.05, 0.1) is 17.0 Å². The first-order valence-corrected chi connectivity index (χ1v) is 9.48. The van der Waals surface area contributed by atoms with Crippen molar-refractivity contribution in [2.45, 2.75) is 17.6 Å². The molecule has 1 amide bonds. The first kappa shape index (κ1) is 21.8. The SMILES string of the molecule is CN(Cc1ccccc1C(F)(F)F)C(=O)CN(C)S(=O)(=O)c1ccc(F)cc1. The molecule has 0 N–H and O–H groups in total. The smallest absolute Gasteiger partial charge is 0.340 e. The second-order valence-electron chi connectivity index (χ2n) is 6.12. The van der Waals surface area contributed by atoms with Gasteiger partial charge in [0.1, 0.15) is 5.82 Å². The lowest BCUT2D eigenvalue weighted by Gasteiger charge is -2.23. The van der Waals surface area contributed by atoms with Gasteiger partial charge in [-0.15, -0.1) is 0 Å². The van der Waals surface area contributed by atoms with Crippen LogP contribution in [0.1, 0.15) is 11.1 Å². The van der Waals surface area contributed by atoms with Crippen LogP contribution in [0, 0.1) is 5.82 Å². The molecule has 0 radical (unpaired) electrons. The molecule has 2 aromatic carbocycles. The molecule has 152 valence electrons. The lowest BCUT2D eigenvalue weighted by molar-refractivity contribution is -0.139. The molecule has 2 aromatic rings. The van der Waals surface area contributed by atoms with Crippen LogP contribution >= 0.6 is 0 Å². The molecule has 0 aliphatic carbocycles. The minimum atomic E-state index is -4.57. The van der Waals surface area contributed by atoms with Gasteiger partial charge in [0.2, 0.25) is 15.9 Å².